The highest BCUT2D eigenvalue weighted by atomic mass is 35.5. The van der Waals surface area contributed by atoms with Gasteiger partial charge in [0.25, 0.3) is 5.91 Å². The average molecular weight is 338 g/mol. The fourth-order valence-corrected chi connectivity index (χ4v) is 2.27. The van der Waals surface area contributed by atoms with Crippen molar-refractivity contribution in [2.45, 2.75) is 13.0 Å². The fourth-order valence-electron chi connectivity index (χ4n) is 1.98. The highest BCUT2D eigenvalue weighted by Crippen LogP contribution is 2.29. The third kappa shape index (κ3) is 3.40. The molecule has 2 aromatic rings. The number of carbonyl (C=O) groups is 2. The summed E-state index contributed by atoms with van der Waals surface area (Å²) in [5, 5.41) is 9.87. The number of carboxylic acid groups (broad SMARTS) is 1. The smallest absolute Gasteiger partial charge is 0.326 e. The number of rotatable bonds is 4. The SMILES string of the molecule is C[C@H](C(=O)O)N(C(=O)c1ccccc1)c1ccc(Cl)c(Cl)c1. The zero-order valence-corrected chi connectivity index (χ0v) is 13.2. The number of nitrogens with zero attached hydrogens (tertiary/aromatic N) is 1. The normalized spacial score (nSPS) is 11.8. The molecule has 1 atom stereocenters. The minimum Gasteiger partial charge on any atom is -0.480 e. The summed E-state index contributed by atoms with van der Waals surface area (Å²) in [4.78, 5) is 25.2. The van der Waals surface area contributed by atoms with E-state index >= 15 is 0 Å². The number of carbonyl (C=O) groups excluding carboxylic acids is 1. The van der Waals surface area contributed by atoms with E-state index in [-0.39, 0.29) is 5.02 Å². The van der Waals surface area contributed by atoms with Gasteiger partial charge in [-0.2, -0.15) is 0 Å². The van der Waals surface area contributed by atoms with Crippen molar-refractivity contribution in [1.29, 1.82) is 0 Å². The molecule has 0 unspecified atom stereocenters. The van der Waals surface area contributed by atoms with Crippen LogP contribution >= 0.6 is 23.2 Å². The molecule has 0 aromatic heterocycles. The summed E-state index contributed by atoms with van der Waals surface area (Å²) in [5.74, 6) is -1.54. The van der Waals surface area contributed by atoms with Gasteiger partial charge < -0.3 is 5.11 Å². The van der Waals surface area contributed by atoms with E-state index in [1.807, 2.05) is 0 Å². The first-order chi connectivity index (χ1) is 10.4. The number of hydrogen-bond donors (Lipinski definition) is 1. The van der Waals surface area contributed by atoms with Gasteiger partial charge in [0, 0.05) is 11.3 Å². The molecule has 0 aliphatic rings. The predicted octanol–water partition coefficient (Wildman–Crippen LogP) is 4.11. The van der Waals surface area contributed by atoms with Gasteiger partial charge in [-0.3, -0.25) is 9.69 Å². The van der Waals surface area contributed by atoms with E-state index in [9.17, 15) is 14.7 Å². The Morgan fingerprint density at radius 2 is 1.68 bits per heavy atom. The molecule has 4 nitrogen and oxygen atoms in total. The summed E-state index contributed by atoms with van der Waals surface area (Å²) < 4.78 is 0. The van der Waals surface area contributed by atoms with Gasteiger partial charge >= 0.3 is 5.97 Å². The molecule has 0 aliphatic heterocycles. The van der Waals surface area contributed by atoms with Crippen molar-refractivity contribution in [2.75, 3.05) is 4.90 Å². The van der Waals surface area contributed by atoms with Gasteiger partial charge in [0.05, 0.1) is 10.0 Å². The van der Waals surface area contributed by atoms with Gasteiger partial charge in [0.15, 0.2) is 0 Å². The van der Waals surface area contributed by atoms with Crippen molar-refractivity contribution >= 4 is 40.8 Å². The molecule has 2 aromatic carbocycles. The van der Waals surface area contributed by atoms with Crippen molar-refractivity contribution in [3.63, 3.8) is 0 Å². The lowest BCUT2D eigenvalue weighted by molar-refractivity contribution is -0.138. The van der Waals surface area contributed by atoms with Crippen LogP contribution in [0.15, 0.2) is 48.5 Å². The zero-order chi connectivity index (χ0) is 16.3. The van der Waals surface area contributed by atoms with Gasteiger partial charge in [0.1, 0.15) is 6.04 Å². The van der Waals surface area contributed by atoms with Crippen LogP contribution in [0.1, 0.15) is 17.3 Å². The average Bonchev–Trinajstić information content (AvgIpc) is 2.51. The Labute approximate surface area is 137 Å². The van der Waals surface area contributed by atoms with Gasteiger partial charge in [-0.15, -0.1) is 0 Å². The molecule has 6 heteroatoms. The van der Waals surface area contributed by atoms with Crippen LogP contribution < -0.4 is 4.90 Å². The zero-order valence-electron chi connectivity index (χ0n) is 11.7. The standard InChI is InChI=1S/C16H13Cl2NO3/c1-10(16(21)22)19(12-7-8-13(17)14(18)9-12)15(20)11-5-3-2-4-6-11/h2-10H,1H3,(H,21,22)/t10-/m1/s1. The molecule has 114 valence electrons. The van der Waals surface area contributed by atoms with Gasteiger partial charge in [-0.25, -0.2) is 4.79 Å². The van der Waals surface area contributed by atoms with Crippen LogP contribution in [0, 0.1) is 0 Å². The Morgan fingerprint density at radius 1 is 1.05 bits per heavy atom. The minimum absolute atomic E-state index is 0.252. The van der Waals surface area contributed by atoms with Crippen molar-refractivity contribution in [3.05, 3.63) is 64.1 Å². The molecule has 0 spiro atoms. The van der Waals surface area contributed by atoms with E-state index in [0.29, 0.717) is 16.3 Å². The summed E-state index contributed by atoms with van der Waals surface area (Å²) >= 11 is 11.8. The third-order valence-electron chi connectivity index (χ3n) is 3.17. The van der Waals surface area contributed by atoms with Crippen LogP contribution in [0.4, 0.5) is 5.69 Å². The lowest BCUT2D eigenvalue weighted by Gasteiger charge is -2.27. The van der Waals surface area contributed by atoms with Crippen LogP contribution in [0.2, 0.25) is 10.0 Å². The molecule has 0 heterocycles. The molecule has 1 amide bonds. The van der Waals surface area contributed by atoms with Crippen LogP contribution in [0.5, 0.6) is 0 Å². The Kier molecular flexibility index (Phi) is 5.06. The van der Waals surface area contributed by atoms with Gasteiger partial charge in [0.2, 0.25) is 0 Å². The summed E-state index contributed by atoms with van der Waals surface area (Å²) in [7, 11) is 0. The maximum absolute atomic E-state index is 12.7. The van der Waals surface area contributed by atoms with Crippen LogP contribution in [-0.4, -0.2) is 23.0 Å². The summed E-state index contributed by atoms with van der Waals surface area (Å²) in [6.45, 7) is 1.44. The number of aliphatic carboxylic acids is 1. The quantitative estimate of drug-likeness (QED) is 0.913. The van der Waals surface area contributed by atoms with Crippen molar-refractivity contribution in [2.24, 2.45) is 0 Å². The maximum Gasteiger partial charge on any atom is 0.326 e. The largest absolute Gasteiger partial charge is 0.480 e. The lowest BCUT2D eigenvalue weighted by Crippen LogP contribution is -2.43. The number of benzene rings is 2. The molecular weight excluding hydrogens is 325 g/mol. The number of anilines is 1. The number of halogens is 2. The van der Waals surface area contributed by atoms with E-state index in [0.717, 1.165) is 0 Å². The predicted molar refractivity (Wildman–Crippen MR) is 86.8 cm³/mol. The number of carboxylic acids is 1. The first-order valence-corrected chi connectivity index (χ1v) is 7.24. The highest BCUT2D eigenvalue weighted by Gasteiger charge is 2.28. The summed E-state index contributed by atoms with van der Waals surface area (Å²) in [6.07, 6.45) is 0. The van der Waals surface area contributed by atoms with E-state index < -0.39 is 17.9 Å². The second-order valence-corrected chi connectivity index (χ2v) is 5.47. The maximum atomic E-state index is 12.7. The van der Waals surface area contributed by atoms with Crippen LogP contribution in [0.3, 0.4) is 0 Å². The topological polar surface area (TPSA) is 57.6 Å². The summed E-state index contributed by atoms with van der Waals surface area (Å²) in [6, 6.07) is 12.0. The first-order valence-electron chi connectivity index (χ1n) is 6.48. The van der Waals surface area contributed by atoms with E-state index in [2.05, 4.69) is 0 Å². The molecule has 0 fully saturated rings. The highest BCUT2D eigenvalue weighted by molar-refractivity contribution is 6.42. The molecule has 0 saturated carbocycles. The van der Waals surface area contributed by atoms with Crippen molar-refractivity contribution < 1.29 is 14.7 Å². The van der Waals surface area contributed by atoms with Crippen molar-refractivity contribution in [3.8, 4) is 0 Å². The molecule has 1 N–H and O–H groups in total. The summed E-state index contributed by atoms with van der Waals surface area (Å²) in [5.41, 5.74) is 0.764. The minimum atomic E-state index is -1.12. The fraction of sp³-hybridized carbons (Fsp3) is 0.125. The Hall–Kier alpha value is -2.04. The second kappa shape index (κ2) is 6.81. The molecule has 22 heavy (non-hydrogen) atoms. The second-order valence-electron chi connectivity index (χ2n) is 4.65. The molecular formula is C16H13Cl2NO3. The van der Waals surface area contributed by atoms with Crippen LogP contribution in [-0.2, 0) is 4.79 Å². The first kappa shape index (κ1) is 16.3. The molecule has 0 bridgehead atoms. The van der Waals surface area contributed by atoms with E-state index in [4.69, 9.17) is 23.2 Å². The Bertz CT molecular complexity index is 704. The van der Waals surface area contributed by atoms with Crippen molar-refractivity contribution in [1.82, 2.24) is 0 Å². The lowest BCUT2D eigenvalue weighted by atomic mass is 10.1. The third-order valence-corrected chi connectivity index (χ3v) is 3.90. The molecule has 2 rings (SSSR count). The Balaban J connectivity index is 2.49. The van der Waals surface area contributed by atoms with E-state index in [1.54, 1.807) is 36.4 Å². The number of amides is 1. The van der Waals surface area contributed by atoms with Gasteiger partial charge in [-0.1, -0.05) is 41.4 Å². The Morgan fingerprint density at radius 3 is 2.23 bits per heavy atom. The monoisotopic (exact) mass is 337 g/mol. The molecule has 0 saturated heterocycles. The molecule has 0 aliphatic carbocycles. The molecule has 0 radical (unpaired) electrons. The van der Waals surface area contributed by atoms with Gasteiger partial charge in [-0.05, 0) is 37.3 Å². The van der Waals surface area contributed by atoms with Crippen LogP contribution in [0.25, 0.3) is 0 Å². The van der Waals surface area contributed by atoms with E-state index in [1.165, 1.54) is 24.0 Å². The number of hydrogen-bond acceptors (Lipinski definition) is 2.